The number of urea groups is 1. The lowest BCUT2D eigenvalue weighted by molar-refractivity contribution is 0.0691. The van der Waals surface area contributed by atoms with Crippen LogP contribution in [0.2, 0.25) is 0 Å². The number of carboxylic acids is 1. The molecule has 2 N–H and O–H groups in total. The molecule has 0 atom stereocenters. The van der Waals surface area contributed by atoms with Crippen molar-refractivity contribution in [1.29, 1.82) is 0 Å². The van der Waals surface area contributed by atoms with Crippen LogP contribution in [0.3, 0.4) is 0 Å². The van der Waals surface area contributed by atoms with Crippen molar-refractivity contribution in [3.05, 3.63) is 16.1 Å². The number of carbonyl (C=O) groups excluding carboxylic acids is 1. The summed E-state index contributed by atoms with van der Waals surface area (Å²) >= 11 is 1.25. The van der Waals surface area contributed by atoms with Crippen molar-refractivity contribution >= 4 is 23.3 Å². The molecule has 7 heteroatoms. The molecular formula is C14H21N3O3S. The summed E-state index contributed by atoms with van der Waals surface area (Å²) in [4.78, 5) is 28.7. The molecule has 1 aromatic heterocycles. The van der Waals surface area contributed by atoms with Gasteiger partial charge in [-0.3, -0.25) is 0 Å². The minimum Gasteiger partial charge on any atom is -0.476 e. The van der Waals surface area contributed by atoms with Crippen LogP contribution >= 0.6 is 11.3 Å². The van der Waals surface area contributed by atoms with Gasteiger partial charge in [0.25, 0.3) is 0 Å². The summed E-state index contributed by atoms with van der Waals surface area (Å²) in [5, 5.41) is 13.7. The van der Waals surface area contributed by atoms with E-state index in [0.717, 1.165) is 32.4 Å². The summed E-state index contributed by atoms with van der Waals surface area (Å²) in [6.07, 6.45) is 3.22. The highest BCUT2D eigenvalue weighted by Gasteiger charge is 2.36. The van der Waals surface area contributed by atoms with Gasteiger partial charge >= 0.3 is 12.0 Å². The number of carbonyl (C=O) groups is 2. The number of amides is 2. The second kappa shape index (κ2) is 6.43. The van der Waals surface area contributed by atoms with Gasteiger partial charge in [-0.05, 0) is 24.7 Å². The first-order valence-corrected chi connectivity index (χ1v) is 8.08. The van der Waals surface area contributed by atoms with Crippen LogP contribution in [0.1, 0.15) is 48.6 Å². The van der Waals surface area contributed by atoms with Gasteiger partial charge in [0.2, 0.25) is 0 Å². The quantitative estimate of drug-likeness (QED) is 0.875. The minimum absolute atomic E-state index is 0.0291. The highest BCUT2D eigenvalue weighted by molar-refractivity contribution is 7.09. The van der Waals surface area contributed by atoms with Gasteiger partial charge in [0, 0.05) is 18.5 Å². The Labute approximate surface area is 128 Å². The Morgan fingerprint density at radius 2 is 2.19 bits per heavy atom. The van der Waals surface area contributed by atoms with Crippen molar-refractivity contribution in [2.45, 2.75) is 39.7 Å². The largest absolute Gasteiger partial charge is 0.476 e. The van der Waals surface area contributed by atoms with E-state index in [9.17, 15) is 9.59 Å². The van der Waals surface area contributed by atoms with Crippen molar-refractivity contribution in [2.24, 2.45) is 5.41 Å². The second-order valence-electron chi connectivity index (χ2n) is 5.47. The van der Waals surface area contributed by atoms with E-state index >= 15 is 0 Å². The third kappa shape index (κ3) is 3.53. The molecule has 1 aromatic rings. The molecule has 0 aromatic carbocycles. The molecule has 1 fully saturated rings. The third-order valence-electron chi connectivity index (χ3n) is 4.39. The van der Waals surface area contributed by atoms with Crippen LogP contribution in [0.5, 0.6) is 0 Å². The molecule has 0 radical (unpaired) electrons. The summed E-state index contributed by atoms with van der Waals surface area (Å²) in [6.45, 7) is 6.20. The Morgan fingerprint density at radius 3 is 2.71 bits per heavy atom. The number of hydrogen-bond donors (Lipinski definition) is 2. The van der Waals surface area contributed by atoms with Crippen molar-refractivity contribution < 1.29 is 14.7 Å². The van der Waals surface area contributed by atoms with Gasteiger partial charge in [0.05, 0.1) is 6.54 Å². The molecule has 0 saturated carbocycles. The average molecular weight is 311 g/mol. The molecule has 6 nitrogen and oxygen atoms in total. The first-order valence-electron chi connectivity index (χ1n) is 7.20. The minimum atomic E-state index is -1.04. The Hall–Kier alpha value is -1.63. The smallest absolute Gasteiger partial charge is 0.355 e. The number of hydrogen-bond acceptors (Lipinski definition) is 4. The lowest BCUT2D eigenvalue weighted by Gasteiger charge is -2.26. The van der Waals surface area contributed by atoms with Gasteiger partial charge in [0.15, 0.2) is 5.69 Å². The van der Waals surface area contributed by atoms with Crippen molar-refractivity contribution in [3.63, 3.8) is 0 Å². The summed E-state index contributed by atoms with van der Waals surface area (Å²) in [5.41, 5.74) is 0.288. The summed E-state index contributed by atoms with van der Waals surface area (Å²) in [6, 6.07) is -0.0918. The van der Waals surface area contributed by atoms with Gasteiger partial charge in [-0.15, -0.1) is 11.3 Å². The van der Waals surface area contributed by atoms with Crippen molar-refractivity contribution in [2.75, 3.05) is 13.1 Å². The standard InChI is InChI=1S/C14H21N3O3S/c1-3-14(4-2)5-6-17(9-14)13(20)15-7-11-16-10(8-21-11)12(18)19/h8H,3-7,9H2,1-2H3,(H,15,20)(H,18,19). The molecule has 0 unspecified atom stereocenters. The number of likely N-dealkylation sites (tertiary alicyclic amines) is 1. The number of nitrogens with zero attached hydrogens (tertiary/aromatic N) is 2. The molecule has 1 saturated heterocycles. The zero-order valence-electron chi connectivity index (χ0n) is 12.4. The fourth-order valence-corrected chi connectivity index (χ4v) is 3.40. The highest BCUT2D eigenvalue weighted by Crippen LogP contribution is 2.36. The first-order chi connectivity index (χ1) is 9.99. The molecule has 0 aliphatic carbocycles. The third-order valence-corrected chi connectivity index (χ3v) is 5.24. The molecule has 1 aliphatic heterocycles. The van der Waals surface area contributed by atoms with E-state index in [1.165, 1.54) is 16.7 Å². The number of aromatic carboxylic acids is 1. The van der Waals surface area contributed by atoms with Crippen LogP contribution in [0.4, 0.5) is 4.79 Å². The fraction of sp³-hybridized carbons (Fsp3) is 0.643. The van der Waals surface area contributed by atoms with Gasteiger partial charge in [0.1, 0.15) is 5.01 Å². The molecule has 2 heterocycles. The van der Waals surface area contributed by atoms with Gasteiger partial charge < -0.3 is 15.3 Å². The van der Waals surface area contributed by atoms with Crippen LogP contribution in [0, 0.1) is 5.41 Å². The van der Waals surface area contributed by atoms with Crippen LogP contribution < -0.4 is 5.32 Å². The molecule has 0 spiro atoms. The summed E-state index contributed by atoms with van der Waals surface area (Å²) in [7, 11) is 0. The molecule has 116 valence electrons. The number of thiazole rings is 1. The maximum absolute atomic E-state index is 12.2. The zero-order valence-corrected chi connectivity index (χ0v) is 13.2. The topological polar surface area (TPSA) is 82.5 Å². The Balaban J connectivity index is 1.86. The van der Waals surface area contributed by atoms with Gasteiger partial charge in [-0.2, -0.15) is 0 Å². The maximum Gasteiger partial charge on any atom is 0.355 e. The molecule has 2 rings (SSSR count). The molecule has 0 bridgehead atoms. The SMILES string of the molecule is CCC1(CC)CCN(C(=O)NCc2nc(C(=O)O)cs2)C1. The van der Waals surface area contributed by atoms with Gasteiger partial charge in [-0.1, -0.05) is 13.8 Å². The van der Waals surface area contributed by atoms with E-state index in [1.807, 2.05) is 4.90 Å². The Morgan fingerprint density at radius 1 is 1.48 bits per heavy atom. The van der Waals surface area contributed by atoms with Crippen molar-refractivity contribution in [3.8, 4) is 0 Å². The van der Waals surface area contributed by atoms with Crippen LogP contribution in [-0.2, 0) is 6.54 Å². The molecule has 21 heavy (non-hydrogen) atoms. The zero-order chi connectivity index (χ0) is 15.5. The van der Waals surface area contributed by atoms with E-state index in [4.69, 9.17) is 5.11 Å². The van der Waals surface area contributed by atoms with Crippen molar-refractivity contribution in [1.82, 2.24) is 15.2 Å². The predicted molar refractivity (Wildman–Crippen MR) is 80.5 cm³/mol. The highest BCUT2D eigenvalue weighted by atomic mass is 32.1. The molecule has 2 amide bonds. The number of rotatable bonds is 5. The van der Waals surface area contributed by atoms with E-state index in [0.29, 0.717) is 5.01 Å². The normalized spacial score (nSPS) is 17.0. The number of nitrogens with one attached hydrogen (secondary N) is 1. The molecular weight excluding hydrogens is 290 g/mol. The predicted octanol–water partition coefficient (Wildman–Crippen LogP) is 2.56. The van der Waals surface area contributed by atoms with Crippen LogP contribution in [-0.4, -0.2) is 40.1 Å². The van der Waals surface area contributed by atoms with E-state index < -0.39 is 5.97 Å². The van der Waals surface area contributed by atoms with Gasteiger partial charge in [-0.25, -0.2) is 14.6 Å². The van der Waals surface area contributed by atoms with E-state index in [2.05, 4.69) is 24.1 Å². The average Bonchev–Trinajstić information content (AvgIpc) is 3.12. The Kier molecular flexibility index (Phi) is 4.82. The number of carboxylic acid groups (broad SMARTS) is 1. The molecule has 1 aliphatic rings. The first kappa shape index (κ1) is 15.8. The van der Waals surface area contributed by atoms with Crippen LogP contribution in [0.25, 0.3) is 0 Å². The Bertz CT molecular complexity index is 525. The monoisotopic (exact) mass is 311 g/mol. The fourth-order valence-electron chi connectivity index (χ4n) is 2.69. The lowest BCUT2D eigenvalue weighted by Crippen LogP contribution is -2.39. The summed E-state index contributed by atoms with van der Waals surface area (Å²) < 4.78 is 0. The van der Waals surface area contributed by atoms with Crippen LogP contribution in [0.15, 0.2) is 5.38 Å². The number of aromatic nitrogens is 1. The van der Waals surface area contributed by atoms with E-state index in [-0.39, 0.29) is 23.7 Å². The lowest BCUT2D eigenvalue weighted by atomic mass is 9.82. The summed E-state index contributed by atoms with van der Waals surface area (Å²) in [5.74, 6) is -1.04. The second-order valence-corrected chi connectivity index (χ2v) is 6.41. The van der Waals surface area contributed by atoms with E-state index in [1.54, 1.807) is 0 Å². The maximum atomic E-state index is 12.2.